The molecule has 1 saturated heterocycles. The van der Waals surface area contributed by atoms with E-state index < -0.39 is 0 Å². The fourth-order valence-corrected chi connectivity index (χ4v) is 4.00. The number of aromatic nitrogens is 4. The van der Waals surface area contributed by atoms with Crippen molar-refractivity contribution >= 4 is 34.9 Å². The first-order valence-electron chi connectivity index (χ1n) is 9.71. The van der Waals surface area contributed by atoms with Gasteiger partial charge in [-0.3, -0.25) is 4.79 Å². The van der Waals surface area contributed by atoms with Gasteiger partial charge in [0.2, 0.25) is 0 Å². The second-order valence-electron chi connectivity index (χ2n) is 7.36. The summed E-state index contributed by atoms with van der Waals surface area (Å²) in [7, 11) is 0. The van der Waals surface area contributed by atoms with E-state index in [-0.39, 0.29) is 5.91 Å². The van der Waals surface area contributed by atoms with E-state index >= 15 is 0 Å². The van der Waals surface area contributed by atoms with E-state index in [1.54, 1.807) is 23.1 Å². The van der Waals surface area contributed by atoms with Gasteiger partial charge in [-0.1, -0.05) is 23.2 Å². The number of halogens is 2. The van der Waals surface area contributed by atoms with Crippen molar-refractivity contribution in [3.8, 4) is 5.82 Å². The summed E-state index contributed by atoms with van der Waals surface area (Å²) in [4.78, 5) is 16.7. The maximum atomic E-state index is 12.8. The molecule has 1 fully saturated rings. The quantitative estimate of drug-likeness (QED) is 0.613. The molecule has 9 heteroatoms. The van der Waals surface area contributed by atoms with E-state index in [9.17, 15) is 4.79 Å². The zero-order valence-corrected chi connectivity index (χ0v) is 18.6. The lowest BCUT2D eigenvalue weighted by Gasteiger charge is -2.35. The monoisotopic (exact) mass is 444 g/mol. The van der Waals surface area contributed by atoms with Crippen molar-refractivity contribution in [2.75, 3.05) is 31.1 Å². The zero-order chi connectivity index (χ0) is 21.4. The minimum atomic E-state index is -0.0855. The molecule has 4 rings (SSSR count). The van der Waals surface area contributed by atoms with E-state index in [0.29, 0.717) is 47.6 Å². The Morgan fingerprint density at radius 1 is 0.933 bits per heavy atom. The molecule has 0 aliphatic carbocycles. The van der Waals surface area contributed by atoms with Crippen molar-refractivity contribution in [3.63, 3.8) is 0 Å². The molecule has 0 radical (unpaired) electrons. The smallest absolute Gasteiger partial charge is 0.255 e. The van der Waals surface area contributed by atoms with Gasteiger partial charge < -0.3 is 9.80 Å². The Morgan fingerprint density at radius 2 is 1.60 bits per heavy atom. The van der Waals surface area contributed by atoms with E-state index in [1.165, 1.54) is 0 Å². The molecule has 1 aliphatic heterocycles. The minimum Gasteiger partial charge on any atom is -0.352 e. The number of hydrogen-bond donors (Lipinski definition) is 0. The maximum Gasteiger partial charge on any atom is 0.255 e. The lowest BCUT2D eigenvalue weighted by molar-refractivity contribution is 0.0746. The van der Waals surface area contributed by atoms with Crippen molar-refractivity contribution in [2.45, 2.75) is 20.8 Å². The van der Waals surface area contributed by atoms with Gasteiger partial charge in [0.1, 0.15) is 0 Å². The molecule has 1 aliphatic rings. The number of aryl methyl sites for hydroxylation is 1. The molecule has 7 nitrogen and oxygen atoms in total. The summed E-state index contributed by atoms with van der Waals surface area (Å²) in [6.07, 6.45) is 0. The largest absolute Gasteiger partial charge is 0.352 e. The average molecular weight is 445 g/mol. The number of anilines is 1. The lowest BCUT2D eigenvalue weighted by Crippen LogP contribution is -2.49. The van der Waals surface area contributed by atoms with E-state index in [2.05, 4.69) is 20.2 Å². The fourth-order valence-electron chi connectivity index (χ4n) is 3.52. The molecule has 3 heterocycles. The number of nitrogens with zero attached hydrogens (tertiary/aromatic N) is 6. The number of benzene rings is 1. The molecule has 2 aromatic heterocycles. The van der Waals surface area contributed by atoms with Gasteiger partial charge in [-0.2, -0.15) is 5.10 Å². The predicted octanol–water partition coefficient (Wildman–Crippen LogP) is 3.86. The molecule has 156 valence electrons. The molecule has 0 unspecified atom stereocenters. The van der Waals surface area contributed by atoms with Gasteiger partial charge in [0.15, 0.2) is 11.6 Å². The van der Waals surface area contributed by atoms with Gasteiger partial charge >= 0.3 is 0 Å². The molecular formula is C21H22Cl2N6O. The van der Waals surface area contributed by atoms with Crippen LogP contribution in [-0.4, -0.2) is 57.0 Å². The van der Waals surface area contributed by atoms with Crippen molar-refractivity contribution in [3.05, 3.63) is 62.9 Å². The highest BCUT2D eigenvalue weighted by Gasteiger charge is 2.24. The summed E-state index contributed by atoms with van der Waals surface area (Å²) in [6.45, 7) is 8.56. The molecule has 30 heavy (non-hydrogen) atoms. The van der Waals surface area contributed by atoms with Crippen LogP contribution in [0.25, 0.3) is 5.82 Å². The number of hydrogen-bond acceptors (Lipinski definition) is 5. The van der Waals surface area contributed by atoms with Gasteiger partial charge in [-0.25, -0.2) is 4.68 Å². The summed E-state index contributed by atoms with van der Waals surface area (Å²) < 4.78 is 1.81. The van der Waals surface area contributed by atoms with Crippen molar-refractivity contribution in [1.82, 2.24) is 24.9 Å². The number of carbonyl (C=O) groups is 1. The lowest BCUT2D eigenvalue weighted by atomic mass is 10.1. The van der Waals surface area contributed by atoms with E-state index in [0.717, 1.165) is 22.8 Å². The van der Waals surface area contributed by atoms with Gasteiger partial charge in [0.25, 0.3) is 5.91 Å². The number of amides is 1. The summed E-state index contributed by atoms with van der Waals surface area (Å²) in [5, 5.41) is 14.2. The second kappa shape index (κ2) is 8.24. The van der Waals surface area contributed by atoms with Gasteiger partial charge in [0, 0.05) is 36.9 Å². The zero-order valence-electron chi connectivity index (χ0n) is 17.1. The molecule has 0 N–H and O–H groups in total. The van der Waals surface area contributed by atoms with Crippen molar-refractivity contribution in [2.24, 2.45) is 0 Å². The highest BCUT2D eigenvalue weighted by Crippen LogP contribution is 2.23. The number of carbonyl (C=O) groups excluding carboxylic acids is 1. The standard InChI is InChI=1S/C21H22Cl2N6O/c1-13-14(2)26-29(15(13)3)20-7-6-19(24-25-20)27-8-10-28(11-9-27)21(30)17-5-4-16(22)12-18(17)23/h4-7,12H,8-11H2,1-3H3. The summed E-state index contributed by atoms with van der Waals surface area (Å²) in [5.74, 6) is 1.39. The predicted molar refractivity (Wildman–Crippen MR) is 118 cm³/mol. The summed E-state index contributed by atoms with van der Waals surface area (Å²) in [5.41, 5.74) is 3.67. The van der Waals surface area contributed by atoms with E-state index in [1.807, 2.05) is 37.6 Å². The normalized spacial score (nSPS) is 14.3. The number of rotatable bonds is 3. The van der Waals surface area contributed by atoms with Crippen molar-refractivity contribution < 1.29 is 4.79 Å². The van der Waals surface area contributed by atoms with Crippen LogP contribution in [0.5, 0.6) is 0 Å². The Hall–Kier alpha value is -2.64. The second-order valence-corrected chi connectivity index (χ2v) is 8.20. The van der Waals surface area contributed by atoms with Gasteiger partial charge in [-0.05, 0) is 56.7 Å². The van der Waals surface area contributed by atoms with E-state index in [4.69, 9.17) is 23.2 Å². The van der Waals surface area contributed by atoms with Crippen LogP contribution in [0.3, 0.4) is 0 Å². The Kier molecular flexibility index (Phi) is 5.66. The van der Waals surface area contributed by atoms with Crippen LogP contribution in [-0.2, 0) is 0 Å². The highest BCUT2D eigenvalue weighted by atomic mass is 35.5. The SMILES string of the molecule is Cc1nn(-c2ccc(N3CCN(C(=O)c4ccc(Cl)cc4Cl)CC3)nn2)c(C)c1C. The third-order valence-electron chi connectivity index (χ3n) is 5.56. The summed E-state index contributed by atoms with van der Waals surface area (Å²) in [6, 6.07) is 8.81. The Morgan fingerprint density at radius 3 is 2.17 bits per heavy atom. The molecular weight excluding hydrogens is 423 g/mol. The third kappa shape index (κ3) is 3.87. The van der Waals surface area contributed by atoms with Crippen LogP contribution < -0.4 is 4.90 Å². The third-order valence-corrected chi connectivity index (χ3v) is 6.11. The first-order valence-corrected chi connectivity index (χ1v) is 10.5. The Bertz CT molecular complexity index is 1090. The minimum absolute atomic E-state index is 0.0855. The van der Waals surface area contributed by atoms with Gasteiger partial charge in [-0.15, -0.1) is 10.2 Å². The molecule has 1 amide bonds. The van der Waals surface area contributed by atoms with Crippen molar-refractivity contribution in [1.29, 1.82) is 0 Å². The highest BCUT2D eigenvalue weighted by molar-refractivity contribution is 6.36. The molecule has 0 spiro atoms. The summed E-state index contributed by atoms with van der Waals surface area (Å²) >= 11 is 12.1. The number of piperazine rings is 1. The van der Waals surface area contributed by atoms with Crippen LogP contribution in [0.2, 0.25) is 10.0 Å². The molecule has 0 atom stereocenters. The van der Waals surface area contributed by atoms with Crippen LogP contribution >= 0.6 is 23.2 Å². The Balaban J connectivity index is 1.43. The molecule has 3 aromatic rings. The van der Waals surface area contributed by atoms with Crippen LogP contribution in [0.4, 0.5) is 5.82 Å². The molecule has 0 saturated carbocycles. The Labute approximate surface area is 185 Å². The molecule has 0 bridgehead atoms. The van der Waals surface area contributed by atoms with Crippen LogP contribution in [0, 0.1) is 20.8 Å². The fraction of sp³-hybridized carbons (Fsp3) is 0.333. The van der Waals surface area contributed by atoms with Gasteiger partial charge in [0.05, 0.1) is 16.3 Å². The topological polar surface area (TPSA) is 67.2 Å². The maximum absolute atomic E-state index is 12.8. The first-order chi connectivity index (χ1) is 14.3. The average Bonchev–Trinajstić information content (AvgIpc) is 3.01. The van der Waals surface area contributed by atoms with Crippen LogP contribution in [0.15, 0.2) is 30.3 Å². The molecule has 1 aromatic carbocycles. The first kappa shape index (κ1) is 20.6. The van der Waals surface area contributed by atoms with Crippen LogP contribution in [0.1, 0.15) is 27.3 Å².